The number of hydrogen-bond acceptors (Lipinski definition) is 11. The Labute approximate surface area is 293 Å². The van der Waals surface area contributed by atoms with Crippen molar-refractivity contribution in [2.75, 3.05) is 0 Å². The quantitative estimate of drug-likeness (QED) is 0.0670. The Morgan fingerprint density at radius 2 is 1.37 bits per heavy atom. The molecule has 2 aliphatic rings. The second-order valence-electron chi connectivity index (χ2n) is 13.3. The van der Waals surface area contributed by atoms with Gasteiger partial charge in [-0.05, 0) is 69.0 Å². The number of ether oxygens (including phenoxy) is 1. The van der Waals surface area contributed by atoms with Crippen LogP contribution >= 0.6 is 0 Å². The van der Waals surface area contributed by atoms with Gasteiger partial charge >= 0.3 is 0 Å². The van der Waals surface area contributed by atoms with E-state index in [-0.39, 0.29) is 69.6 Å². The molecule has 1 aliphatic heterocycles. The Morgan fingerprint density at radius 1 is 0.765 bits per heavy atom. The fourth-order valence-electron chi connectivity index (χ4n) is 7.26. The first kappa shape index (κ1) is 34.8. The van der Waals surface area contributed by atoms with Crippen molar-refractivity contribution in [3.05, 3.63) is 112 Å². The van der Waals surface area contributed by atoms with Gasteiger partial charge in [0.25, 0.3) is 0 Å². The Morgan fingerprint density at radius 3 is 1.98 bits per heavy atom. The van der Waals surface area contributed by atoms with Crippen LogP contribution in [-0.2, 0) is 0 Å². The predicted octanol–water partition coefficient (Wildman–Crippen LogP) is 7.48. The predicted molar refractivity (Wildman–Crippen MR) is 186 cm³/mol. The molecule has 0 saturated heterocycles. The van der Waals surface area contributed by atoms with Crippen molar-refractivity contribution in [3.63, 3.8) is 0 Å². The summed E-state index contributed by atoms with van der Waals surface area (Å²) in [5.74, 6) is -7.36. The van der Waals surface area contributed by atoms with E-state index in [0.717, 1.165) is 29.3 Å². The molecule has 11 nitrogen and oxygen atoms in total. The molecule has 6 rings (SSSR count). The fraction of sp³-hybridized carbons (Fsp3) is 0.250. The number of carbonyl (C=O) groups is 2. The van der Waals surface area contributed by atoms with Crippen molar-refractivity contribution in [2.45, 2.75) is 57.5 Å². The molecule has 0 aromatic heterocycles. The number of phenols is 8. The van der Waals surface area contributed by atoms with Crippen molar-refractivity contribution in [1.29, 1.82) is 0 Å². The largest absolute Gasteiger partial charge is 0.508 e. The standard InChI is InChI=1S/C40H38O11/c1-19(2)4-3-5-20-12-27(24-9-6-21(41)14-29(24)44)36(39(49)26-11-8-23(43)16-31(26)46)28(13-20)37-32(47)18-35-38(40(37)50)33(48)17-34(51-35)25-10-7-22(42)15-30(25)45/h4,6-11,13-16,18,27-28,34,36,41-47,50H,3,5,12,17H2,1-2H3. The Balaban J connectivity index is 1.54. The zero-order valence-corrected chi connectivity index (χ0v) is 27.9. The second-order valence-corrected chi connectivity index (χ2v) is 13.3. The number of carbonyl (C=O) groups excluding carboxylic acids is 2. The van der Waals surface area contributed by atoms with Gasteiger partial charge < -0.3 is 45.6 Å². The maximum atomic E-state index is 14.6. The first-order valence-corrected chi connectivity index (χ1v) is 16.4. The minimum absolute atomic E-state index is 0.143. The zero-order chi connectivity index (χ0) is 36.7. The highest BCUT2D eigenvalue weighted by molar-refractivity contribution is 6.04. The number of rotatable bonds is 8. The molecule has 0 bridgehead atoms. The molecule has 0 spiro atoms. The average Bonchev–Trinajstić information content (AvgIpc) is 3.04. The molecule has 4 aromatic carbocycles. The molecule has 264 valence electrons. The third-order valence-corrected chi connectivity index (χ3v) is 9.59. The van der Waals surface area contributed by atoms with Gasteiger partial charge in [-0.3, -0.25) is 9.59 Å². The lowest BCUT2D eigenvalue weighted by Gasteiger charge is -2.38. The van der Waals surface area contributed by atoms with Gasteiger partial charge in [0.1, 0.15) is 63.4 Å². The van der Waals surface area contributed by atoms with Gasteiger partial charge in [0, 0.05) is 53.1 Å². The van der Waals surface area contributed by atoms with Crippen LogP contribution < -0.4 is 4.74 Å². The van der Waals surface area contributed by atoms with Crippen molar-refractivity contribution >= 4 is 11.6 Å². The van der Waals surface area contributed by atoms with Crippen LogP contribution in [0, 0.1) is 5.92 Å². The van der Waals surface area contributed by atoms with Crippen LogP contribution in [0.5, 0.6) is 51.7 Å². The van der Waals surface area contributed by atoms with Crippen molar-refractivity contribution in [2.24, 2.45) is 5.92 Å². The van der Waals surface area contributed by atoms with E-state index < -0.39 is 52.7 Å². The number of phenolic OH excluding ortho intramolecular Hbond substituents is 8. The molecule has 51 heavy (non-hydrogen) atoms. The number of benzene rings is 4. The summed E-state index contributed by atoms with van der Waals surface area (Å²) in [4.78, 5) is 28.3. The number of ketones is 2. The average molecular weight is 695 g/mol. The topological polar surface area (TPSA) is 205 Å². The van der Waals surface area contributed by atoms with Crippen LogP contribution in [0.3, 0.4) is 0 Å². The van der Waals surface area contributed by atoms with Gasteiger partial charge in [0.05, 0.1) is 12.0 Å². The van der Waals surface area contributed by atoms with Crippen LogP contribution in [0.1, 0.15) is 94.9 Å². The maximum absolute atomic E-state index is 14.6. The number of hydrogen-bond donors (Lipinski definition) is 8. The number of aromatic hydroxyl groups is 8. The number of Topliss-reactive ketones (excluding diaryl/α,β-unsaturated/α-hetero) is 2. The van der Waals surface area contributed by atoms with Crippen LogP contribution in [0.25, 0.3) is 0 Å². The molecule has 0 saturated carbocycles. The van der Waals surface area contributed by atoms with Gasteiger partial charge in [0.2, 0.25) is 0 Å². The monoisotopic (exact) mass is 694 g/mol. The minimum atomic E-state index is -1.20. The van der Waals surface area contributed by atoms with E-state index in [2.05, 4.69) is 0 Å². The highest BCUT2D eigenvalue weighted by atomic mass is 16.5. The van der Waals surface area contributed by atoms with Crippen LogP contribution in [-0.4, -0.2) is 52.4 Å². The van der Waals surface area contributed by atoms with Gasteiger partial charge in [-0.15, -0.1) is 0 Å². The highest BCUT2D eigenvalue weighted by Gasteiger charge is 2.45. The first-order chi connectivity index (χ1) is 24.2. The molecule has 8 N–H and O–H groups in total. The summed E-state index contributed by atoms with van der Waals surface area (Å²) in [7, 11) is 0. The molecule has 0 amide bonds. The van der Waals surface area contributed by atoms with Crippen LogP contribution in [0.2, 0.25) is 0 Å². The van der Waals surface area contributed by atoms with E-state index in [1.165, 1.54) is 42.5 Å². The Kier molecular flexibility index (Phi) is 9.31. The van der Waals surface area contributed by atoms with Crippen LogP contribution in [0.4, 0.5) is 0 Å². The molecule has 4 aromatic rings. The van der Waals surface area contributed by atoms with Crippen molar-refractivity contribution < 1.29 is 55.2 Å². The van der Waals surface area contributed by atoms with Gasteiger partial charge in [-0.2, -0.15) is 0 Å². The van der Waals surface area contributed by atoms with Gasteiger partial charge in [-0.1, -0.05) is 29.4 Å². The lowest BCUT2D eigenvalue weighted by Crippen LogP contribution is -2.32. The molecular weight excluding hydrogens is 656 g/mol. The summed E-state index contributed by atoms with van der Waals surface area (Å²) >= 11 is 0. The lowest BCUT2D eigenvalue weighted by atomic mass is 9.64. The normalized spacial score (nSPS) is 19.8. The number of fused-ring (bicyclic) bond motifs is 1. The van der Waals surface area contributed by atoms with E-state index in [1.54, 1.807) is 6.08 Å². The number of allylic oxidation sites excluding steroid dienone is 4. The maximum Gasteiger partial charge on any atom is 0.174 e. The minimum Gasteiger partial charge on any atom is -0.508 e. The molecular formula is C40H38O11. The van der Waals surface area contributed by atoms with E-state index in [9.17, 15) is 50.4 Å². The molecule has 4 unspecified atom stereocenters. The van der Waals surface area contributed by atoms with Gasteiger partial charge in [0.15, 0.2) is 11.6 Å². The molecule has 0 fully saturated rings. The molecule has 1 heterocycles. The van der Waals surface area contributed by atoms with Crippen molar-refractivity contribution in [1.82, 2.24) is 0 Å². The summed E-state index contributed by atoms with van der Waals surface area (Å²) in [6, 6.07) is 12.5. The molecule has 1 aliphatic carbocycles. The summed E-state index contributed by atoms with van der Waals surface area (Å²) in [5, 5.41) is 85.6. The smallest absolute Gasteiger partial charge is 0.174 e. The summed E-state index contributed by atoms with van der Waals surface area (Å²) < 4.78 is 6.01. The Hall–Kier alpha value is -6.10. The van der Waals surface area contributed by atoms with E-state index in [0.29, 0.717) is 18.4 Å². The summed E-state index contributed by atoms with van der Waals surface area (Å²) in [6.07, 6.45) is 3.92. The third-order valence-electron chi connectivity index (χ3n) is 9.59. The van der Waals surface area contributed by atoms with Crippen molar-refractivity contribution in [3.8, 4) is 51.7 Å². The first-order valence-electron chi connectivity index (χ1n) is 16.4. The van der Waals surface area contributed by atoms with E-state index in [4.69, 9.17) is 4.74 Å². The fourth-order valence-corrected chi connectivity index (χ4v) is 7.26. The third kappa shape index (κ3) is 6.74. The second kappa shape index (κ2) is 13.7. The lowest BCUT2D eigenvalue weighted by molar-refractivity contribution is 0.0841. The van der Waals surface area contributed by atoms with E-state index in [1.807, 2.05) is 19.9 Å². The summed E-state index contributed by atoms with van der Waals surface area (Å²) in [5.41, 5.74) is 1.91. The van der Waals surface area contributed by atoms with Gasteiger partial charge in [-0.25, -0.2) is 0 Å². The zero-order valence-electron chi connectivity index (χ0n) is 27.9. The SMILES string of the molecule is CC(C)=CCCC1=CC(c2c(O)cc3c(c2O)C(=O)CC(c2ccc(O)cc2O)O3)C(C(=O)c2ccc(O)cc2O)C(c2ccc(O)cc2O)C1. The van der Waals surface area contributed by atoms with Crippen LogP contribution in [0.15, 0.2) is 84.0 Å². The molecule has 11 heteroatoms. The Bertz CT molecular complexity index is 2110. The summed E-state index contributed by atoms with van der Waals surface area (Å²) in [6.45, 7) is 3.92. The molecule has 0 radical (unpaired) electrons. The molecule has 4 atom stereocenters. The van der Waals surface area contributed by atoms with E-state index >= 15 is 0 Å². The highest BCUT2D eigenvalue weighted by Crippen LogP contribution is 2.56.